The van der Waals surface area contributed by atoms with E-state index in [0.717, 1.165) is 26.1 Å². The first-order valence-corrected chi connectivity index (χ1v) is 7.96. The molecule has 1 heterocycles. The van der Waals surface area contributed by atoms with Gasteiger partial charge in [-0.15, -0.1) is 0 Å². The van der Waals surface area contributed by atoms with E-state index in [1.807, 2.05) is 38.4 Å². The van der Waals surface area contributed by atoms with Gasteiger partial charge in [0.15, 0.2) is 0 Å². The number of hydrogen-bond acceptors (Lipinski definition) is 4. The number of amides is 1. The molecule has 0 radical (unpaired) electrons. The van der Waals surface area contributed by atoms with Crippen molar-refractivity contribution >= 4 is 5.91 Å². The van der Waals surface area contributed by atoms with Crippen molar-refractivity contribution in [1.29, 1.82) is 0 Å². The Labute approximate surface area is 133 Å². The lowest BCUT2D eigenvalue weighted by Gasteiger charge is -2.30. The molecule has 0 bridgehead atoms. The average Bonchev–Trinajstić information content (AvgIpc) is 2.49. The summed E-state index contributed by atoms with van der Waals surface area (Å²) >= 11 is 0. The molecule has 0 saturated carbocycles. The number of ether oxygens (including phenoxy) is 1. The van der Waals surface area contributed by atoms with E-state index in [4.69, 9.17) is 4.74 Å². The van der Waals surface area contributed by atoms with Crippen LogP contribution in [0.25, 0.3) is 0 Å². The predicted molar refractivity (Wildman–Crippen MR) is 88.4 cm³/mol. The molecule has 2 atom stereocenters. The van der Waals surface area contributed by atoms with Crippen LogP contribution in [0.5, 0.6) is 5.75 Å². The minimum Gasteiger partial charge on any atom is -0.491 e. The van der Waals surface area contributed by atoms with Crippen LogP contribution in [0.15, 0.2) is 24.3 Å². The second-order valence-corrected chi connectivity index (χ2v) is 6.20. The highest BCUT2D eigenvalue weighted by Gasteiger charge is 2.24. The van der Waals surface area contributed by atoms with E-state index >= 15 is 0 Å². The van der Waals surface area contributed by atoms with Gasteiger partial charge in [-0.1, -0.05) is 19.1 Å². The van der Waals surface area contributed by atoms with Crippen LogP contribution in [-0.2, 0) is 0 Å². The van der Waals surface area contributed by atoms with Crippen molar-refractivity contribution < 1.29 is 9.53 Å². The van der Waals surface area contributed by atoms with Crippen molar-refractivity contribution in [3.05, 3.63) is 29.8 Å². The molecule has 2 N–H and O–H groups in total. The first-order chi connectivity index (χ1) is 10.6. The standard InChI is InChI=1S/C17H27N3O2/c1-13-12-18-9-8-15(13)19-17(21)14-6-4-5-7-16(14)22-11-10-20(2)3/h4-7,13,15,18H,8-12H2,1-3H3,(H,19,21). The van der Waals surface area contributed by atoms with E-state index in [2.05, 4.69) is 22.5 Å². The minimum absolute atomic E-state index is 0.0424. The van der Waals surface area contributed by atoms with Gasteiger partial charge in [-0.2, -0.15) is 0 Å². The smallest absolute Gasteiger partial charge is 0.255 e. The zero-order valence-corrected chi connectivity index (χ0v) is 13.8. The summed E-state index contributed by atoms with van der Waals surface area (Å²) in [5.41, 5.74) is 0.618. The maximum Gasteiger partial charge on any atom is 0.255 e. The van der Waals surface area contributed by atoms with Crippen LogP contribution in [-0.4, -0.2) is 57.2 Å². The summed E-state index contributed by atoms with van der Waals surface area (Å²) in [7, 11) is 4.00. The van der Waals surface area contributed by atoms with Crippen molar-refractivity contribution in [3.63, 3.8) is 0 Å². The number of benzene rings is 1. The molecular weight excluding hydrogens is 278 g/mol. The number of nitrogens with one attached hydrogen (secondary N) is 2. The Morgan fingerprint density at radius 2 is 2.18 bits per heavy atom. The Balaban J connectivity index is 1.99. The van der Waals surface area contributed by atoms with Crippen LogP contribution in [0.2, 0.25) is 0 Å². The fourth-order valence-corrected chi connectivity index (χ4v) is 2.59. The van der Waals surface area contributed by atoms with Crippen molar-refractivity contribution in [1.82, 2.24) is 15.5 Å². The maximum absolute atomic E-state index is 12.6. The van der Waals surface area contributed by atoms with Crippen LogP contribution in [0, 0.1) is 5.92 Å². The molecule has 1 aliphatic heterocycles. The van der Waals surface area contributed by atoms with Gasteiger partial charge in [-0.25, -0.2) is 0 Å². The molecular formula is C17H27N3O2. The third-order valence-electron chi connectivity index (χ3n) is 4.03. The van der Waals surface area contributed by atoms with E-state index < -0.39 is 0 Å². The normalized spacial score (nSPS) is 21.6. The summed E-state index contributed by atoms with van der Waals surface area (Å²) in [6.45, 7) is 5.46. The molecule has 122 valence electrons. The third-order valence-corrected chi connectivity index (χ3v) is 4.03. The Bertz CT molecular complexity index is 491. The molecule has 22 heavy (non-hydrogen) atoms. The molecule has 2 unspecified atom stereocenters. The average molecular weight is 305 g/mol. The van der Waals surface area contributed by atoms with Gasteiger partial charge in [-0.05, 0) is 51.7 Å². The Hall–Kier alpha value is -1.59. The lowest BCUT2D eigenvalue weighted by atomic mass is 9.95. The minimum atomic E-state index is -0.0424. The van der Waals surface area contributed by atoms with E-state index in [0.29, 0.717) is 23.8 Å². The first-order valence-electron chi connectivity index (χ1n) is 7.96. The van der Waals surface area contributed by atoms with Gasteiger partial charge in [-0.3, -0.25) is 4.79 Å². The second-order valence-electron chi connectivity index (χ2n) is 6.20. The number of para-hydroxylation sites is 1. The van der Waals surface area contributed by atoms with Crippen LogP contribution < -0.4 is 15.4 Å². The second kappa shape index (κ2) is 8.15. The van der Waals surface area contributed by atoms with Gasteiger partial charge in [0.25, 0.3) is 5.91 Å². The molecule has 5 heteroatoms. The summed E-state index contributed by atoms with van der Waals surface area (Å²) in [6.07, 6.45) is 0.969. The monoisotopic (exact) mass is 305 g/mol. The number of hydrogen-bond donors (Lipinski definition) is 2. The molecule has 1 saturated heterocycles. The largest absolute Gasteiger partial charge is 0.491 e. The van der Waals surface area contributed by atoms with E-state index in [-0.39, 0.29) is 11.9 Å². The number of carbonyl (C=O) groups excluding carboxylic acids is 1. The number of nitrogens with zero attached hydrogens (tertiary/aromatic N) is 1. The lowest BCUT2D eigenvalue weighted by molar-refractivity contribution is 0.0909. The molecule has 5 nitrogen and oxygen atoms in total. The van der Waals surface area contributed by atoms with Gasteiger partial charge in [0, 0.05) is 12.6 Å². The van der Waals surface area contributed by atoms with Crippen molar-refractivity contribution in [2.45, 2.75) is 19.4 Å². The van der Waals surface area contributed by atoms with Gasteiger partial charge in [0.1, 0.15) is 12.4 Å². The van der Waals surface area contributed by atoms with Crippen molar-refractivity contribution in [2.24, 2.45) is 5.92 Å². The van der Waals surface area contributed by atoms with Gasteiger partial charge < -0.3 is 20.3 Å². The summed E-state index contributed by atoms with van der Waals surface area (Å²) in [5, 5.41) is 6.50. The van der Waals surface area contributed by atoms with E-state index in [1.165, 1.54) is 0 Å². The highest BCUT2D eigenvalue weighted by Crippen LogP contribution is 2.19. The molecule has 0 aliphatic carbocycles. The van der Waals surface area contributed by atoms with Crippen LogP contribution in [0.1, 0.15) is 23.7 Å². The molecule has 2 rings (SSSR count). The number of rotatable bonds is 6. The van der Waals surface area contributed by atoms with Crippen LogP contribution >= 0.6 is 0 Å². The highest BCUT2D eigenvalue weighted by atomic mass is 16.5. The third kappa shape index (κ3) is 4.71. The van der Waals surface area contributed by atoms with Gasteiger partial charge in [0.05, 0.1) is 5.56 Å². The summed E-state index contributed by atoms with van der Waals surface area (Å²) in [5.74, 6) is 1.06. The first kappa shape index (κ1) is 16.8. The molecule has 1 aliphatic rings. The van der Waals surface area contributed by atoms with Gasteiger partial charge >= 0.3 is 0 Å². The van der Waals surface area contributed by atoms with E-state index in [1.54, 1.807) is 0 Å². The lowest BCUT2D eigenvalue weighted by Crippen LogP contribution is -2.48. The molecule has 0 aromatic heterocycles. The van der Waals surface area contributed by atoms with Crippen LogP contribution in [0.3, 0.4) is 0 Å². The summed E-state index contributed by atoms with van der Waals surface area (Å²) in [6, 6.07) is 7.68. The van der Waals surface area contributed by atoms with Gasteiger partial charge in [0.2, 0.25) is 0 Å². The molecule has 1 aromatic rings. The quantitative estimate of drug-likeness (QED) is 0.833. The SMILES string of the molecule is CC1CNCCC1NC(=O)c1ccccc1OCCN(C)C. The zero-order valence-electron chi connectivity index (χ0n) is 13.8. The molecule has 1 fully saturated rings. The summed E-state index contributed by atoms with van der Waals surface area (Å²) in [4.78, 5) is 14.6. The maximum atomic E-state index is 12.6. The number of likely N-dealkylation sites (N-methyl/N-ethyl adjacent to an activating group) is 1. The fraction of sp³-hybridized carbons (Fsp3) is 0.588. The fourth-order valence-electron chi connectivity index (χ4n) is 2.59. The molecule has 1 aromatic carbocycles. The van der Waals surface area contributed by atoms with Crippen LogP contribution in [0.4, 0.5) is 0 Å². The van der Waals surface area contributed by atoms with E-state index in [9.17, 15) is 4.79 Å². The Kier molecular flexibility index (Phi) is 6.21. The Morgan fingerprint density at radius 1 is 1.41 bits per heavy atom. The number of carbonyl (C=O) groups is 1. The molecule has 1 amide bonds. The summed E-state index contributed by atoms with van der Waals surface area (Å²) < 4.78 is 5.77. The molecule has 0 spiro atoms. The zero-order chi connectivity index (χ0) is 15.9. The topological polar surface area (TPSA) is 53.6 Å². The van der Waals surface area contributed by atoms with Crippen molar-refractivity contribution in [3.8, 4) is 5.75 Å². The highest BCUT2D eigenvalue weighted by molar-refractivity contribution is 5.97. The predicted octanol–water partition coefficient (Wildman–Crippen LogP) is 1.35. The Morgan fingerprint density at radius 3 is 2.91 bits per heavy atom. The van der Waals surface area contributed by atoms with Crippen molar-refractivity contribution in [2.75, 3.05) is 40.3 Å². The number of piperidine rings is 1.